The molecule has 2 aromatic heterocycles. The first kappa shape index (κ1) is 41.5. The van der Waals surface area contributed by atoms with Crippen molar-refractivity contribution in [2.45, 2.75) is 71.1 Å². The number of nitrogens with zero attached hydrogens (tertiary/aromatic N) is 4. The van der Waals surface area contributed by atoms with E-state index in [1.54, 1.807) is 65.9 Å². The van der Waals surface area contributed by atoms with E-state index >= 15 is 0 Å². The fraction of sp³-hybridized carbons (Fsp3) is 0.341. The number of aromatic nitrogens is 3. The molecule has 0 aliphatic rings. The van der Waals surface area contributed by atoms with Crippen molar-refractivity contribution < 1.29 is 41.4 Å². The first-order valence-corrected chi connectivity index (χ1v) is 19.7. The molecule has 15 heteroatoms. The zero-order chi connectivity index (χ0) is 41.1. The lowest BCUT2D eigenvalue weighted by atomic mass is 9.87. The highest BCUT2D eigenvalue weighted by molar-refractivity contribution is 7.90. The number of amides is 1. The largest absolute Gasteiger partial charge is 0.495 e. The first-order valence-electron chi connectivity index (χ1n) is 17.9. The fourth-order valence-electron chi connectivity index (χ4n) is 5.59. The molecule has 2 heterocycles. The molecule has 3 atom stereocenters. The first-order chi connectivity index (χ1) is 26.3. The monoisotopic (exact) mass is 787 g/mol. The van der Waals surface area contributed by atoms with Crippen LogP contribution in [0.15, 0.2) is 90.0 Å². The van der Waals surface area contributed by atoms with Gasteiger partial charge in [0.2, 0.25) is 0 Å². The summed E-state index contributed by atoms with van der Waals surface area (Å²) in [5.41, 5.74) is 9.02. The molecule has 0 aliphatic carbocycles. The topological polar surface area (TPSA) is 172 Å². The highest BCUT2D eigenvalue weighted by Gasteiger charge is 2.35. The molecule has 296 valence electrons. The highest BCUT2D eigenvalue weighted by Crippen LogP contribution is 2.36. The summed E-state index contributed by atoms with van der Waals surface area (Å²) in [4.78, 5) is 45.6. The van der Waals surface area contributed by atoms with Gasteiger partial charge in [0.25, 0.3) is 12.2 Å². The number of rotatable bonds is 13. The normalized spacial score (nSPS) is 13.6. The van der Waals surface area contributed by atoms with Crippen LogP contribution in [0.2, 0.25) is 0 Å². The van der Waals surface area contributed by atoms with Gasteiger partial charge >= 0.3 is 12.1 Å². The lowest BCUT2D eigenvalue weighted by molar-refractivity contribution is -0.178. The van der Waals surface area contributed by atoms with E-state index in [1.165, 1.54) is 42.0 Å². The third-order valence-electron chi connectivity index (χ3n) is 9.22. The van der Waals surface area contributed by atoms with Crippen molar-refractivity contribution in [1.29, 1.82) is 0 Å². The van der Waals surface area contributed by atoms with Gasteiger partial charge in [-0.2, -0.15) is 4.98 Å². The number of methoxy groups -OCH3 is 1. The molecule has 56 heavy (non-hydrogen) atoms. The molecule has 0 bridgehead atoms. The highest BCUT2D eigenvalue weighted by atomic mass is 32.2. The molecule has 0 fully saturated rings. The van der Waals surface area contributed by atoms with Crippen molar-refractivity contribution in [3.8, 4) is 16.9 Å². The summed E-state index contributed by atoms with van der Waals surface area (Å²) in [6.07, 6.45) is 0.553. The Labute approximate surface area is 325 Å². The van der Waals surface area contributed by atoms with Gasteiger partial charge < -0.3 is 19.9 Å². The maximum absolute atomic E-state index is 14.1. The smallest absolute Gasteiger partial charge is 0.424 e. The van der Waals surface area contributed by atoms with E-state index < -0.39 is 51.5 Å². The van der Waals surface area contributed by atoms with Gasteiger partial charge in [0.05, 0.1) is 17.7 Å². The maximum Gasteiger partial charge on any atom is 0.424 e. The molecule has 13 nitrogen and oxygen atoms in total. The number of anilines is 2. The molecule has 1 unspecified atom stereocenters. The number of benzene rings is 3. The molecule has 0 saturated carbocycles. The van der Waals surface area contributed by atoms with Crippen LogP contribution < -0.4 is 15.4 Å². The average molecular weight is 788 g/mol. The number of hydrogen-bond acceptors (Lipinski definition) is 11. The van der Waals surface area contributed by atoms with E-state index in [0.29, 0.717) is 5.65 Å². The van der Waals surface area contributed by atoms with E-state index in [2.05, 4.69) is 10.1 Å². The molecule has 0 saturated heterocycles. The van der Waals surface area contributed by atoms with Crippen molar-refractivity contribution in [3.05, 3.63) is 102 Å². The van der Waals surface area contributed by atoms with Crippen LogP contribution in [0.3, 0.4) is 0 Å². The van der Waals surface area contributed by atoms with Crippen molar-refractivity contribution in [2.75, 3.05) is 18.3 Å². The van der Waals surface area contributed by atoms with Crippen LogP contribution >= 0.6 is 0 Å². The van der Waals surface area contributed by atoms with Crippen LogP contribution in [0.25, 0.3) is 16.8 Å². The predicted octanol–water partition coefficient (Wildman–Crippen LogP) is 7.04. The standard InChI is InChI=1S/C41H46FN5O8S/c1-24(2)38(54-37(49)36(43)41(4,5)6)55-40(50)47(32-19-18-31(56(8,51)52)22-34(32)53-7)39-44-35-20-15-29(23-46(35)45-39)28-11-9-26(10-12-28)21-33(48)25(3)27-13-16-30(42)17-14-27/h9-20,22-25,36,38H,21,43H2,1-8H3/t25-,36-,38?/m1/s1. The lowest BCUT2D eigenvalue weighted by Crippen LogP contribution is -2.46. The van der Waals surface area contributed by atoms with E-state index in [4.69, 9.17) is 19.9 Å². The number of sulfone groups is 1. The minimum absolute atomic E-state index is 0.00190. The van der Waals surface area contributed by atoms with Gasteiger partial charge in [-0.1, -0.05) is 77.9 Å². The number of nitrogens with two attached hydrogens (primary N) is 1. The molecular weight excluding hydrogens is 742 g/mol. The van der Waals surface area contributed by atoms with Gasteiger partial charge in [-0.25, -0.2) is 27.0 Å². The summed E-state index contributed by atoms with van der Waals surface area (Å²) < 4.78 is 56.5. The number of ketones is 1. The Kier molecular flexibility index (Phi) is 12.3. The second-order valence-corrected chi connectivity index (χ2v) is 17.0. The van der Waals surface area contributed by atoms with Crippen LogP contribution in [0.4, 0.5) is 20.8 Å². The molecule has 0 spiro atoms. The van der Waals surface area contributed by atoms with E-state index in [1.807, 2.05) is 30.3 Å². The van der Waals surface area contributed by atoms with Crippen molar-refractivity contribution in [2.24, 2.45) is 17.1 Å². The number of ether oxygens (including phenoxy) is 3. The zero-order valence-corrected chi connectivity index (χ0v) is 33.3. The summed E-state index contributed by atoms with van der Waals surface area (Å²) in [5.74, 6) is -2.16. The second-order valence-electron chi connectivity index (χ2n) is 15.0. The fourth-order valence-corrected chi connectivity index (χ4v) is 6.23. The Balaban J connectivity index is 1.46. The lowest BCUT2D eigenvalue weighted by Gasteiger charge is -2.29. The molecule has 5 aromatic rings. The quantitative estimate of drug-likeness (QED) is 0.0959. The van der Waals surface area contributed by atoms with Crippen molar-refractivity contribution >= 4 is 45.0 Å². The number of carbonyl (C=O) groups is 3. The number of carbonyl (C=O) groups excluding carboxylic acids is 3. The van der Waals surface area contributed by atoms with E-state index in [0.717, 1.165) is 33.4 Å². The minimum atomic E-state index is -3.65. The van der Waals surface area contributed by atoms with Gasteiger partial charge in [0.1, 0.15) is 23.4 Å². The SMILES string of the molecule is COc1cc(S(C)(=O)=O)ccc1N(C(=O)OC(OC(=O)[C@@H](N)C(C)(C)C)C(C)C)c1nc2ccc(-c3ccc(CC(=O)[C@H](C)c4ccc(F)cc4)cc3)cn2n1. The summed E-state index contributed by atoms with van der Waals surface area (Å²) in [7, 11) is -2.33. The molecule has 1 amide bonds. The Morgan fingerprint density at radius 1 is 0.911 bits per heavy atom. The van der Waals surface area contributed by atoms with E-state index in [9.17, 15) is 27.2 Å². The summed E-state index contributed by atoms with van der Waals surface area (Å²) in [5, 5.41) is 4.59. The number of Topliss-reactive ketones (excluding diaryl/α,β-unsaturated/α-hetero) is 1. The van der Waals surface area contributed by atoms with Crippen LogP contribution in [0.5, 0.6) is 5.75 Å². The number of hydrogen-bond donors (Lipinski definition) is 1. The molecule has 5 rings (SSSR count). The van der Waals surface area contributed by atoms with Gasteiger partial charge in [0, 0.05) is 42.3 Å². The Bertz CT molecular complexity index is 2340. The third kappa shape index (κ3) is 9.58. The predicted molar refractivity (Wildman–Crippen MR) is 209 cm³/mol. The van der Waals surface area contributed by atoms with Gasteiger partial charge in [-0.15, -0.1) is 5.10 Å². The summed E-state index contributed by atoms with van der Waals surface area (Å²) in [6, 6.07) is 19.8. The minimum Gasteiger partial charge on any atom is -0.495 e. The summed E-state index contributed by atoms with van der Waals surface area (Å²) in [6.45, 7) is 10.5. The van der Waals surface area contributed by atoms with Crippen molar-refractivity contribution in [1.82, 2.24) is 14.6 Å². The number of halogens is 1. The third-order valence-corrected chi connectivity index (χ3v) is 10.3. The number of fused-ring (bicyclic) bond motifs is 1. The Morgan fingerprint density at radius 3 is 2.14 bits per heavy atom. The molecule has 3 aromatic carbocycles. The molecule has 0 radical (unpaired) electrons. The number of esters is 1. The molecule has 0 aliphatic heterocycles. The molecule has 2 N–H and O–H groups in total. The second kappa shape index (κ2) is 16.6. The van der Waals surface area contributed by atoms with Crippen LogP contribution in [-0.2, 0) is 35.3 Å². The van der Waals surface area contributed by atoms with Gasteiger partial charge in [0.15, 0.2) is 15.5 Å². The number of pyridine rings is 1. The Hall–Kier alpha value is -5.67. The van der Waals surface area contributed by atoms with Crippen LogP contribution in [0.1, 0.15) is 58.6 Å². The zero-order valence-electron chi connectivity index (χ0n) is 32.5. The summed E-state index contributed by atoms with van der Waals surface area (Å²) >= 11 is 0. The van der Waals surface area contributed by atoms with Crippen LogP contribution in [0, 0.1) is 17.2 Å². The van der Waals surface area contributed by atoms with Gasteiger partial charge in [-0.3, -0.25) is 9.59 Å². The van der Waals surface area contributed by atoms with Gasteiger partial charge in [-0.05, 0) is 58.5 Å². The van der Waals surface area contributed by atoms with Crippen molar-refractivity contribution in [3.63, 3.8) is 0 Å². The van der Waals surface area contributed by atoms with E-state index in [-0.39, 0.29) is 40.3 Å². The average Bonchev–Trinajstić information content (AvgIpc) is 3.56. The van der Waals surface area contributed by atoms with Crippen LogP contribution in [-0.4, -0.2) is 66.6 Å². The maximum atomic E-state index is 14.1. The Morgan fingerprint density at radius 2 is 1.55 bits per heavy atom. The molecular formula is C41H46FN5O8S.